The lowest BCUT2D eigenvalue weighted by Gasteiger charge is -2.31. The molecule has 0 radical (unpaired) electrons. The first-order chi connectivity index (χ1) is 9.86. The molecule has 7 nitrogen and oxygen atoms in total. The first-order valence-electron chi connectivity index (χ1n) is 6.37. The molecule has 21 heavy (non-hydrogen) atoms. The van der Waals surface area contributed by atoms with Crippen LogP contribution in [0.4, 0.5) is 0 Å². The summed E-state index contributed by atoms with van der Waals surface area (Å²) in [6, 6.07) is 3.16. The minimum Gasteiger partial charge on any atom is -0.433 e. The van der Waals surface area contributed by atoms with Crippen molar-refractivity contribution in [3.05, 3.63) is 17.0 Å². The quantitative estimate of drug-likeness (QED) is 0.745. The Balaban J connectivity index is 2.47. The van der Waals surface area contributed by atoms with E-state index in [1.807, 2.05) is 13.8 Å². The van der Waals surface area contributed by atoms with E-state index in [-0.39, 0.29) is 5.09 Å². The molecule has 0 aliphatic heterocycles. The highest BCUT2D eigenvalue weighted by atomic mass is 32.2. The summed E-state index contributed by atoms with van der Waals surface area (Å²) < 4.78 is 39.0. The molecule has 0 aromatic carbocycles. The van der Waals surface area contributed by atoms with Crippen molar-refractivity contribution in [3.63, 3.8) is 0 Å². The van der Waals surface area contributed by atoms with Gasteiger partial charge in [-0.3, -0.25) is 5.32 Å². The van der Waals surface area contributed by atoms with Gasteiger partial charge in [0, 0.05) is 25.2 Å². The largest absolute Gasteiger partial charge is 0.433 e. The van der Waals surface area contributed by atoms with Crippen LogP contribution in [0.1, 0.15) is 18.7 Å². The van der Waals surface area contributed by atoms with Crippen molar-refractivity contribution in [1.29, 1.82) is 0 Å². The molecule has 0 fully saturated rings. The highest BCUT2D eigenvalue weighted by Gasteiger charge is 2.35. The van der Waals surface area contributed by atoms with Crippen LogP contribution in [-0.2, 0) is 25.4 Å². The molecule has 3 N–H and O–H groups in total. The maximum Gasteiger partial charge on any atom is 0.271 e. The fourth-order valence-electron chi connectivity index (χ4n) is 2.00. The van der Waals surface area contributed by atoms with Gasteiger partial charge in [0.05, 0.1) is 4.88 Å². The van der Waals surface area contributed by atoms with E-state index in [9.17, 15) is 8.42 Å². The predicted octanol–water partition coefficient (Wildman–Crippen LogP) is 1.54. The second-order valence-electron chi connectivity index (χ2n) is 4.25. The van der Waals surface area contributed by atoms with Gasteiger partial charge in [-0.25, -0.2) is 13.6 Å². The van der Waals surface area contributed by atoms with Crippen molar-refractivity contribution in [2.45, 2.75) is 24.9 Å². The van der Waals surface area contributed by atoms with Crippen LogP contribution in [0.2, 0.25) is 0 Å². The number of methoxy groups -OCH3 is 1. The summed E-state index contributed by atoms with van der Waals surface area (Å²) in [5.74, 6) is -1.07. The van der Waals surface area contributed by atoms with Gasteiger partial charge in [-0.2, -0.15) is 0 Å². The smallest absolute Gasteiger partial charge is 0.271 e. The van der Waals surface area contributed by atoms with Gasteiger partial charge in [-0.15, -0.1) is 0 Å². The molecule has 2 rings (SSSR count). The molecule has 2 aromatic rings. The number of hydrogen-bond donors (Lipinski definition) is 2. The zero-order valence-corrected chi connectivity index (χ0v) is 13.6. The van der Waals surface area contributed by atoms with Crippen LogP contribution in [0, 0.1) is 0 Å². The molecule has 0 aliphatic rings. The Bertz CT molecular complexity index is 682. The summed E-state index contributed by atoms with van der Waals surface area (Å²) in [6.45, 7) is 4.88. The Morgan fingerprint density at radius 1 is 1.43 bits per heavy atom. The third kappa shape index (κ3) is 3.12. The fourth-order valence-corrected chi connectivity index (χ4v) is 3.64. The maximum absolute atomic E-state index is 11.3. The molecular weight excluding hydrogens is 316 g/mol. The van der Waals surface area contributed by atoms with E-state index in [1.165, 1.54) is 24.5 Å². The minimum absolute atomic E-state index is 0.252. The molecule has 0 saturated carbocycles. The summed E-state index contributed by atoms with van der Waals surface area (Å²) >= 11 is 1.25. The van der Waals surface area contributed by atoms with Crippen molar-refractivity contribution < 1.29 is 22.3 Å². The third-order valence-corrected chi connectivity index (χ3v) is 4.71. The molecule has 0 saturated heterocycles. The van der Waals surface area contributed by atoms with Gasteiger partial charge < -0.3 is 13.9 Å². The van der Waals surface area contributed by atoms with E-state index in [2.05, 4.69) is 5.32 Å². The Hall–Kier alpha value is -0.970. The third-order valence-electron chi connectivity index (χ3n) is 2.84. The zero-order chi connectivity index (χ0) is 15.7. The Morgan fingerprint density at radius 3 is 2.62 bits per heavy atom. The first-order valence-corrected chi connectivity index (χ1v) is 8.73. The van der Waals surface area contributed by atoms with E-state index in [0.717, 1.165) is 4.88 Å². The van der Waals surface area contributed by atoms with Crippen molar-refractivity contribution in [2.24, 2.45) is 5.14 Å². The fraction of sp³-hybridized carbons (Fsp3) is 0.500. The number of nitrogens with one attached hydrogen (secondary N) is 1. The molecule has 0 aliphatic carbocycles. The van der Waals surface area contributed by atoms with Gasteiger partial charge in [-0.05, 0) is 19.5 Å². The van der Waals surface area contributed by atoms with Crippen molar-refractivity contribution in [3.8, 4) is 0 Å². The lowest BCUT2D eigenvalue weighted by Crippen LogP contribution is -2.46. The molecule has 1 unspecified atom stereocenters. The van der Waals surface area contributed by atoms with Gasteiger partial charge >= 0.3 is 0 Å². The minimum atomic E-state index is -3.85. The van der Waals surface area contributed by atoms with E-state index < -0.39 is 15.9 Å². The van der Waals surface area contributed by atoms with E-state index >= 15 is 0 Å². The Kier molecular flexibility index (Phi) is 4.71. The van der Waals surface area contributed by atoms with Gasteiger partial charge in [0.2, 0.25) is 5.09 Å². The predicted molar refractivity (Wildman–Crippen MR) is 79.5 cm³/mol. The number of hydrogen-bond acceptors (Lipinski definition) is 7. The molecule has 2 heterocycles. The SMILES string of the molecule is CCNC(OC)(OCC)c1cc2cc(S(N)(=O)=O)oc2s1. The molecule has 0 bridgehead atoms. The van der Waals surface area contributed by atoms with Crippen LogP contribution in [0.15, 0.2) is 21.6 Å². The number of furan rings is 1. The van der Waals surface area contributed by atoms with Crippen LogP contribution >= 0.6 is 11.3 Å². The average Bonchev–Trinajstić information content (AvgIpc) is 2.95. The van der Waals surface area contributed by atoms with E-state index in [4.69, 9.17) is 19.0 Å². The Labute approximate surface area is 127 Å². The second-order valence-corrected chi connectivity index (χ2v) is 6.76. The number of ether oxygens (including phenoxy) is 2. The first kappa shape index (κ1) is 16.4. The van der Waals surface area contributed by atoms with Crippen LogP contribution in [-0.4, -0.2) is 28.7 Å². The summed E-state index contributed by atoms with van der Waals surface area (Å²) in [4.78, 5) is 1.19. The zero-order valence-electron chi connectivity index (χ0n) is 12.0. The van der Waals surface area contributed by atoms with Crippen LogP contribution in [0.3, 0.4) is 0 Å². The molecule has 0 spiro atoms. The van der Waals surface area contributed by atoms with Crippen LogP contribution < -0.4 is 10.5 Å². The van der Waals surface area contributed by atoms with Crippen molar-refractivity contribution >= 4 is 31.6 Å². The van der Waals surface area contributed by atoms with Gasteiger partial charge in [0.25, 0.3) is 15.9 Å². The topological polar surface area (TPSA) is 104 Å². The summed E-state index contributed by atoms with van der Waals surface area (Å²) in [6.07, 6.45) is 0. The number of nitrogens with two attached hydrogens (primary N) is 1. The molecule has 9 heteroatoms. The summed E-state index contributed by atoms with van der Waals surface area (Å²) in [5.41, 5.74) is 0. The molecular formula is C12H18N2O5S2. The average molecular weight is 334 g/mol. The number of rotatable bonds is 7. The van der Waals surface area contributed by atoms with Gasteiger partial charge in [0.15, 0.2) is 4.90 Å². The lowest BCUT2D eigenvalue weighted by molar-refractivity contribution is -0.247. The molecule has 118 valence electrons. The van der Waals surface area contributed by atoms with Gasteiger partial charge in [0.1, 0.15) is 0 Å². The van der Waals surface area contributed by atoms with Crippen molar-refractivity contribution in [1.82, 2.24) is 5.32 Å². The molecule has 1 atom stereocenters. The normalized spacial score (nSPS) is 15.4. The second kappa shape index (κ2) is 6.03. The molecule has 2 aromatic heterocycles. The maximum atomic E-state index is 11.3. The summed E-state index contributed by atoms with van der Waals surface area (Å²) in [5, 5.41) is 8.57. The number of fused-ring (bicyclic) bond motifs is 1. The van der Waals surface area contributed by atoms with Crippen molar-refractivity contribution in [2.75, 3.05) is 20.3 Å². The number of primary sulfonamides is 1. The van der Waals surface area contributed by atoms with E-state index in [0.29, 0.717) is 23.4 Å². The van der Waals surface area contributed by atoms with Crippen LogP contribution in [0.5, 0.6) is 0 Å². The van der Waals surface area contributed by atoms with Gasteiger partial charge in [-0.1, -0.05) is 18.3 Å². The monoisotopic (exact) mass is 334 g/mol. The van der Waals surface area contributed by atoms with E-state index in [1.54, 1.807) is 6.07 Å². The Morgan fingerprint density at radius 2 is 2.14 bits per heavy atom. The highest BCUT2D eigenvalue weighted by molar-refractivity contribution is 7.89. The highest BCUT2D eigenvalue weighted by Crippen LogP contribution is 2.37. The summed E-state index contributed by atoms with van der Waals surface area (Å²) in [7, 11) is -2.31. The standard InChI is InChI=1S/C12H18N2O5S2/c1-4-14-12(17-3,18-5-2)9-6-8-7-10(21(13,15)16)19-11(8)20-9/h6-7,14H,4-5H2,1-3H3,(H2,13,15,16). The number of thiophene rings is 1. The van der Waals surface area contributed by atoms with Crippen LogP contribution in [0.25, 0.3) is 10.3 Å². The lowest BCUT2D eigenvalue weighted by atomic mass is 10.3. The molecule has 0 amide bonds. The number of sulfonamides is 1.